The summed E-state index contributed by atoms with van der Waals surface area (Å²) in [6.07, 6.45) is 15.6. The van der Waals surface area contributed by atoms with Gasteiger partial charge in [-0.05, 0) is 73.1 Å². The lowest BCUT2D eigenvalue weighted by atomic mass is 10.0. The van der Waals surface area contributed by atoms with E-state index in [0.29, 0.717) is 5.75 Å². The van der Waals surface area contributed by atoms with Crippen molar-refractivity contribution in [3.63, 3.8) is 0 Å². The number of carbonyl (C=O) groups excluding carboxylic acids is 2. The topological polar surface area (TPSA) is 69.2 Å². The molecule has 0 aliphatic heterocycles. The van der Waals surface area contributed by atoms with Crippen LogP contribution >= 0.6 is 11.8 Å². The standard InChI is InChI=1S/C25H41NO3S/c1-19(2)10-7-11-20(3)12-8-13-21(4)14-9-15-22(5)16-17-30-18-24(25(28)29)26-23(6)27/h10,12,14,16,24H,7-9,11,13,15,17-18H2,1-6H3,(H,26,27)(H,28,29)/p-1/b20-12+,21-14+,22-16+/t24-/m0/s1. The third-order valence-electron chi connectivity index (χ3n) is 4.65. The zero-order valence-corrected chi connectivity index (χ0v) is 20.5. The fraction of sp³-hybridized carbons (Fsp3) is 0.600. The second-order valence-corrected chi connectivity index (χ2v) is 9.23. The second-order valence-electron chi connectivity index (χ2n) is 8.16. The summed E-state index contributed by atoms with van der Waals surface area (Å²) < 4.78 is 0. The molecule has 0 aliphatic carbocycles. The Bertz CT molecular complexity index is 655. The molecular formula is C25H40NO3S-. The summed E-state index contributed by atoms with van der Waals surface area (Å²) in [5.41, 5.74) is 5.58. The highest BCUT2D eigenvalue weighted by Gasteiger charge is 2.10. The Morgan fingerprint density at radius 2 is 1.27 bits per heavy atom. The third-order valence-corrected chi connectivity index (χ3v) is 5.62. The van der Waals surface area contributed by atoms with Gasteiger partial charge < -0.3 is 15.2 Å². The molecule has 1 atom stereocenters. The SMILES string of the molecule is CC(=O)N[C@@H](CSC/C=C(\C)CC/C=C(\C)CC/C=C(\C)CCC=C(C)C)C(=O)[O-]. The number of hydrogen-bond acceptors (Lipinski definition) is 4. The Hall–Kier alpha value is -1.75. The van der Waals surface area contributed by atoms with Gasteiger partial charge >= 0.3 is 0 Å². The van der Waals surface area contributed by atoms with Crippen LogP contribution in [0.4, 0.5) is 0 Å². The average Bonchev–Trinajstić information content (AvgIpc) is 2.63. The highest BCUT2D eigenvalue weighted by Crippen LogP contribution is 2.14. The Kier molecular flexibility index (Phi) is 16.0. The summed E-state index contributed by atoms with van der Waals surface area (Å²) in [5, 5.41) is 13.4. The smallest absolute Gasteiger partial charge is 0.217 e. The second kappa shape index (κ2) is 17.0. The first-order chi connectivity index (χ1) is 14.1. The van der Waals surface area contributed by atoms with Crippen molar-refractivity contribution in [3.05, 3.63) is 46.6 Å². The fourth-order valence-corrected chi connectivity index (χ4v) is 3.78. The number of carbonyl (C=O) groups is 2. The average molecular weight is 435 g/mol. The normalized spacial score (nSPS) is 13.7. The molecule has 0 saturated heterocycles. The predicted molar refractivity (Wildman–Crippen MR) is 128 cm³/mol. The number of amides is 1. The summed E-state index contributed by atoms with van der Waals surface area (Å²) in [7, 11) is 0. The van der Waals surface area contributed by atoms with Crippen molar-refractivity contribution in [2.24, 2.45) is 0 Å². The first-order valence-corrected chi connectivity index (χ1v) is 11.9. The summed E-state index contributed by atoms with van der Waals surface area (Å²) in [6, 6.07) is -0.934. The van der Waals surface area contributed by atoms with Crippen LogP contribution in [0.25, 0.3) is 0 Å². The van der Waals surface area contributed by atoms with Gasteiger partial charge in [0.05, 0.1) is 12.0 Å². The molecule has 0 aliphatic rings. The van der Waals surface area contributed by atoms with Crippen molar-refractivity contribution >= 4 is 23.6 Å². The first kappa shape index (κ1) is 28.2. The zero-order chi connectivity index (χ0) is 22.9. The maximum atomic E-state index is 11.0. The molecule has 0 aromatic heterocycles. The number of aliphatic carboxylic acids is 1. The summed E-state index contributed by atoms with van der Waals surface area (Å²) in [4.78, 5) is 22.0. The Balaban J connectivity index is 4.12. The number of carboxylic acid groups (broad SMARTS) is 1. The van der Waals surface area contributed by atoms with Crippen LogP contribution in [0.2, 0.25) is 0 Å². The molecule has 170 valence electrons. The van der Waals surface area contributed by atoms with Crippen molar-refractivity contribution in [2.45, 2.75) is 86.1 Å². The fourth-order valence-electron chi connectivity index (χ4n) is 2.79. The highest BCUT2D eigenvalue weighted by atomic mass is 32.2. The van der Waals surface area contributed by atoms with Gasteiger partial charge in [-0.3, -0.25) is 4.79 Å². The van der Waals surface area contributed by atoms with Crippen LogP contribution < -0.4 is 10.4 Å². The van der Waals surface area contributed by atoms with E-state index in [1.807, 2.05) is 0 Å². The van der Waals surface area contributed by atoms with Crippen molar-refractivity contribution in [3.8, 4) is 0 Å². The molecule has 4 nitrogen and oxygen atoms in total. The number of nitrogens with one attached hydrogen (secondary N) is 1. The maximum Gasteiger partial charge on any atom is 0.217 e. The van der Waals surface area contributed by atoms with Gasteiger partial charge in [0.15, 0.2) is 0 Å². The molecule has 0 fully saturated rings. The molecule has 1 amide bonds. The molecule has 0 rings (SSSR count). The Labute approximate surface area is 188 Å². The maximum absolute atomic E-state index is 11.0. The van der Waals surface area contributed by atoms with Crippen molar-refractivity contribution in [2.75, 3.05) is 11.5 Å². The summed E-state index contributed by atoms with van der Waals surface area (Å²) in [5.74, 6) is -0.550. The van der Waals surface area contributed by atoms with E-state index in [1.165, 1.54) is 41.0 Å². The van der Waals surface area contributed by atoms with Gasteiger partial charge in [0, 0.05) is 18.4 Å². The van der Waals surface area contributed by atoms with E-state index in [-0.39, 0.29) is 5.91 Å². The van der Waals surface area contributed by atoms with Crippen LogP contribution in [0.5, 0.6) is 0 Å². The minimum Gasteiger partial charge on any atom is -0.548 e. The highest BCUT2D eigenvalue weighted by molar-refractivity contribution is 7.99. The number of allylic oxidation sites excluding steroid dienone is 7. The zero-order valence-electron chi connectivity index (χ0n) is 19.7. The molecule has 0 aromatic carbocycles. The Morgan fingerprint density at radius 3 is 1.70 bits per heavy atom. The molecule has 30 heavy (non-hydrogen) atoms. The minimum atomic E-state index is -1.24. The molecular weight excluding hydrogens is 394 g/mol. The number of thioether (sulfide) groups is 1. The molecule has 5 heteroatoms. The molecule has 0 radical (unpaired) electrons. The van der Waals surface area contributed by atoms with Crippen LogP contribution in [-0.2, 0) is 9.59 Å². The van der Waals surface area contributed by atoms with E-state index in [9.17, 15) is 14.7 Å². The van der Waals surface area contributed by atoms with Crippen LogP contribution in [0, 0.1) is 0 Å². The lowest BCUT2D eigenvalue weighted by Crippen LogP contribution is -2.48. The van der Waals surface area contributed by atoms with Gasteiger partial charge in [-0.25, -0.2) is 0 Å². The van der Waals surface area contributed by atoms with Gasteiger partial charge in [-0.1, -0.05) is 46.6 Å². The number of carboxylic acids is 1. The van der Waals surface area contributed by atoms with Crippen molar-refractivity contribution in [1.29, 1.82) is 0 Å². The molecule has 0 unspecified atom stereocenters. The lowest BCUT2D eigenvalue weighted by molar-refractivity contribution is -0.307. The van der Waals surface area contributed by atoms with E-state index in [0.717, 1.165) is 44.3 Å². The van der Waals surface area contributed by atoms with E-state index < -0.39 is 12.0 Å². The minimum absolute atomic E-state index is 0.311. The van der Waals surface area contributed by atoms with Crippen LogP contribution in [0.3, 0.4) is 0 Å². The van der Waals surface area contributed by atoms with Gasteiger partial charge in [-0.2, -0.15) is 11.8 Å². The van der Waals surface area contributed by atoms with Gasteiger partial charge in [-0.15, -0.1) is 0 Å². The quantitative estimate of drug-likeness (QED) is 0.287. The van der Waals surface area contributed by atoms with Crippen LogP contribution in [-0.4, -0.2) is 29.4 Å². The third kappa shape index (κ3) is 17.1. The van der Waals surface area contributed by atoms with Gasteiger partial charge in [0.1, 0.15) is 0 Å². The first-order valence-electron chi connectivity index (χ1n) is 10.8. The molecule has 0 aromatic rings. The van der Waals surface area contributed by atoms with Crippen molar-refractivity contribution < 1.29 is 14.7 Å². The Morgan fingerprint density at radius 1 is 0.800 bits per heavy atom. The summed E-state index contributed by atoms with van der Waals surface area (Å²) in [6.45, 7) is 12.1. The largest absolute Gasteiger partial charge is 0.548 e. The molecule has 0 spiro atoms. The van der Waals surface area contributed by atoms with E-state index in [1.54, 1.807) is 0 Å². The number of hydrogen-bond donors (Lipinski definition) is 1. The molecule has 0 saturated carbocycles. The molecule has 0 heterocycles. The summed E-state index contributed by atoms with van der Waals surface area (Å²) >= 11 is 1.48. The van der Waals surface area contributed by atoms with Gasteiger partial charge in [0.2, 0.25) is 5.91 Å². The number of rotatable bonds is 15. The van der Waals surface area contributed by atoms with Gasteiger partial charge in [0.25, 0.3) is 0 Å². The monoisotopic (exact) mass is 434 g/mol. The lowest BCUT2D eigenvalue weighted by Gasteiger charge is -2.17. The van der Waals surface area contributed by atoms with Crippen LogP contribution in [0.1, 0.15) is 80.1 Å². The van der Waals surface area contributed by atoms with Crippen molar-refractivity contribution in [1.82, 2.24) is 5.32 Å². The van der Waals surface area contributed by atoms with E-state index >= 15 is 0 Å². The predicted octanol–water partition coefficient (Wildman–Crippen LogP) is 5.12. The van der Waals surface area contributed by atoms with Crippen LogP contribution in [0.15, 0.2) is 46.6 Å². The molecule has 0 bridgehead atoms. The molecule has 1 N–H and O–H groups in total. The van der Waals surface area contributed by atoms with E-state index in [4.69, 9.17) is 0 Å². The van der Waals surface area contributed by atoms with E-state index in [2.05, 4.69) is 64.2 Å².